The second-order valence-electron chi connectivity index (χ2n) is 5.84. The van der Waals surface area contributed by atoms with E-state index in [-0.39, 0.29) is 11.5 Å². The van der Waals surface area contributed by atoms with Gasteiger partial charge in [0.05, 0.1) is 4.92 Å². The molecule has 1 heterocycles. The van der Waals surface area contributed by atoms with Gasteiger partial charge in [0.2, 0.25) is 0 Å². The lowest BCUT2D eigenvalue weighted by Gasteiger charge is -1.97. The molecule has 1 aliphatic carbocycles. The van der Waals surface area contributed by atoms with Crippen molar-refractivity contribution in [2.45, 2.75) is 6.42 Å². The number of carbonyl (C=O) groups is 1. The van der Waals surface area contributed by atoms with Gasteiger partial charge in [0.15, 0.2) is 5.78 Å². The molecular weight excluding hydrogens is 318 g/mol. The fourth-order valence-corrected chi connectivity index (χ4v) is 2.98. The van der Waals surface area contributed by atoms with Crippen LogP contribution in [0.5, 0.6) is 0 Å². The van der Waals surface area contributed by atoms with Crippen LogP contribution in [-0.4, -0.2) is 10.7 Å². The molecule has 0 atom stereocenters. The Kier molecular flexibility index (Phi) is 3.54. The molecule has 0 saturated heterocycles. The quantitative estimate of drug-likeness (QED) is 0.397. The van der Waals surface area contributed by atoms with Crippen molar-refractivity contribution in [3.05, 3.63) is 93.2 Å². The Hall–Kier alpha value is -3.47. The number of nitro groups is 1. The third-order valence-corrected chi connectivity index (χ3v) is 4.24. The molecule has 0 bridgehead atoms. The Morgan fingerprint density at radius 1 is 1.00 bits per heavy atom. The van der Waals surface area contributed by atoms with Crippen LogP contribution < -0.4 is 0 Å². The summed E-state index contributed by atoms with van der Waals surface area (Å²) in [6.45, 7) is 0. The lowest BCUT2D eigenvalue weighted by molar-refractivity contribution is -0.384. The van der Waals surface area contributed by atoms with Crippen LogP contribution in [0.4, 0.5) is 5.69 Å². The van der Waals surface area contributed by atoms with E-state index in [0.717, 1.165) is 16.7 Å². The van der Waals surface area contributed by atoms with E-state index in [2.05, 4.69) is 0 Å². The van der Waals surface area contributed by atoms with Crippen molar-refractivity contribution in [2.75, 3.05) is 0 Å². The van der Waals surface area contributed by atoms with E-state index in [1.165, 1.54) is 12.1 Å². The number of benzene rings is 2. The zero-order valence-corrected chi connectivity index (χ0v) is 13.1. The number of fused-ring (bicyclic) bond motifs is 1. The minimum Gasteiger partial charge on any atom is -0.457 e. The van der Waals surface area contributed by atoms with Gasteiger partial charge in [0, 0.05) is 35.3 Å². The zero-order chi connectivity index (χ0) is 17.4. The van der Waals surface area contributed by atoms with E-state index in [9.17, 15) is 14.9 Å². The molecule has 5 nitrogen and oxygen atoms in total. The molecule has 0 spiro atoms. The van der Waals surface area contributed by atoms with Gasteiger partial charge in [0.1, 0.15) is 11.5 Å². The highest BCUT2D eigenvalue weighted by Gasteiger charge is 2.24. The molecule has 0 radical (unpaired) electrons. The highest BCUT2D eigenvalue weighted by Crippen LogP contribution is 2.30. The van der Waals surface area contributed by atoms with Gasteiger partial charge in [-0.15, -0.1) is 0 Å². The second-order valence-corrected chi connectivity index (χ2v) is 5.84. The first-order valence-corrected chi connectivity index (χ1v) is 7.79. The number of allylic oxidation sites excluding steroid dienone is 1. The largest absolute Gasteiger partial charge is 0.457 e. The summed E-state index contributed by atoms with van der Waals surface area (Å²) < 4.78 is 5.78. The lowest BCUT2D eigenvalue weighted by Crippen LogP contribution is -1.94. The second kappa shape index (κ2) is 5.87. The van der Waals surface area contributed by atoms with Crippen molar-refractivity contribution in [3.63, 3.8) is 0 Å². The molecule has 4 rings (SSSR count). The average molecular weight is 331 g/mol. The molecular formula is C20H13NO4. The van der Waals surface area contributed by atoms with Crippen molar-refractivity contribution < 1.29 is 14.1 Å². The number of furan rings is 1. The summed E-state index contributed by atoms with van der Waals surface area (Å²) in [4.78, 5) is 22.7. The number of nitro benzene ring substituents is 1. The molecule has 25 heavy (non-hydrogen) atoms. The summed E-state index contributed by atoms with van der Waals surface area (Å²) in [5, 5.41) is 10.7. The van der Waals surface area contributed by atoms with Gasteiger partial charge in [-0.3, -0.25) is 14.9 Å². The summed E-state index contributed by atoms with van der Waals surface area (Å²) >= 11 is 0. The molecule has 122 valence electrons. The number of carbonyl (C=O) groups excluding carboxylic acids is 1. The van der Waals surface area contributed by atoms with Crippen molar-refractivity contribution in [3.8, 4) is 11.3 Å². The molecule has 0 saturated carbocycles. The van der Waals surface area contributed by atoms with E-state index in [4.69, 9.17) is 4.42 Å². The zero-order valence-electron chi connectivity index (χ0n) is 13.1. The van der Waals surface area contributed by atoms with E-state index in [0.29, 0.717) is 23.5 Å². The Morgan fingerprint density at radius 3 is 2.48 bits per heavy atom. The monoisotopic (exact) mass is 331 g/mol. The Balaban J connectivity index is 1.60. The van der Waals surface area contributed by atoms with Crippen LogP contribution in [0.1, 0.15) is 21.7 Å². The first-order chi connectivity index (χ1) is 12.1. The highest BCUT2D eigenvalue weighted by atomic mass is 16.6. The standard InChI is InChI=1S/C20H13NO4/c22-20-15(11-14-3-1-2-4-18(14)20)12-17-9-10-19(25-17)13-5-7-16(8-6-13)21(23)24/h1-10,12H,11H2/b15-12+. The normalized spacial score (nSPS) is 14.7. The minimum atomic E-state index is -0.439. The Morgan fingerprint density at radius 2 is 1.76 bits per heavy atom. The molecule has 1 aromatic heterocycles. The molecule has 0 aliphatic heterocycles. The van der Waals surface area contributed by atoms with Gasteiger partial charge in [0.25, 0.3) is 5.69 Å². The SMILES string of the molecule is O=C1/C(=C/c2ccc(-c3ccc([N+](=O)[O-])cc3)o2)Cc2ccccc21. The molecule has 5 heteroatoms. The predicted octanol–water partition coefficient (Wildman–Crippen LogP) is 4.68. The number of nitrogens with zero attached hydrogens (tertiary/aromatic N) is 1. The van der Waals surface area contributed by atoms with Gasteiger partial charge in [-0.25, -0.2) is 0 Å². The van der Waals surface area contributed by atoms with Crippen LogP contribution in [0.15, 0.2) is 70.7 Å². The fourth-order valence-electron chi connectivity index (χ4n) is 2.98. The van der Waals surface area contributed by atoms with Gasteiger partial charge >= 0.3 is 0 Å². The van der Waals surface area contributed by atoms with Crippen molar-refractivity contribution in [1.82, 2.24) is 0 Å². The van der Waals surface area contributed by atoms with E-state index < -0.39 is 4.92 Å². The summed E-state index contributed by atoms with van der Waals surface area (Å²) in [5.41, 5.74) is 3.26. The molecule has 0 unspecified atom stereocenters. The Labute approximate surface area is 143 Å². The molecule has 0 fully saturated rings. The van der Waals surface area contributed by atoms with Crippen molar-refractivity contribution in [2.24, 2.45) is 0 Å². The average Bonchev–Trinajstić information content (AvgIpc) is 3.21. The number of hydrogen-bond donors (Lipinski definition) is 0. The minimum absolute atomic E-state index is 0.0314. The van der Waals surface area contributed by atoms with E-state index in [1.807, 2.05) is 24.3 Å². The topological polar surface area (TPSA) is 73.3 Å². The fraction of sp³-hybridized carbons (Fsp3) is 0.0500. The van der Waals surface area contributed by atoms with E-state index in [1.54, 1.807) is 30.3 Å². The molecule has 3 aromatic rings. The predicted molar refractivity (Wildman–Crippen MR) is 93.3 cm³/mol. The smallest absolute Gasteiger partial charge is 0.269 e. The van der Waals surface area contributed by atoms with Gasteiger partial charge in [-0.2, -0.15) is 0 Å². The summed E-state index contributed by atoms with van der Waals surface area (Å²) in [7, 11) is 0. The van der Waals surface area contributed by atoms with Crippen LogP contribution in [0.3, 0.4) is 0 Å². The number of hydrogen-bond acceptors (Lipinski definition) is 4. The first kappa shape index (κ1) is 15.1. The van der Waals surface area contributed by atoms with E-state index >= 15 is 0 Å². The van der Waals surface area contributed by atoms with Gasteiger partial charge in [-0.1, -0.05) is 24.3 Å². The molecule has 2 aromatic carbocycles. The van der Waals surface area contributed by atoms with Crippen LogP contribution in [0.2, 0.25) is 0 Å². The third-order valence-electron chi connectivity index (χ3n) is 4.24. The van der Waals surface area contributed by atoms with Crippen LogP contribution in [0, 0.1) is 10.1 Å². The maximum Gasteiger partial charge on any atom is 0.269 e. The molecule has 1 aliphatic rings. The molecule has 0 amide bonds. The van der Waals surface area contributed by atoms with Crippen molar-refractivity contribution in [1.29, 1.82) is 0 Å². The number of ketones is 1. The number of Topliss-reactive ketones (excluding diaryl/α,β-unsaturated/α-hetero) is 1. The Bertz CT molecular complexity index is 1010. The first-order valence-electron chi connectivity index (χ1n) is 7.79. The van der Waals surface area contributed by atoms with Crippen molar-refractivity contribution >= 4 is 17.5 Å². The summed E-state index contributed by atoms with van der Waals surface area (Å²) in [6.07, 6.45) is 2.36. The number of rotatable bonds is 3. The van der Waals surface area contributed by atoms with Crippen LogP contribution in [0.25, 0.3) is 17.4 Å². The van der Waals surface area contributed by atoms with Crippen LogP contribution in [-0.2, 0) is 6.42 Å². The van der Waals surface area contributed by atoms with Gasteiger partial charge < -0.3 is 4.42 Å². The maximum atomic E-state index is 12.4. The van der Waals surface area contributed by atoms with Crippen LogP contribution >= 0.6 is 0 Å². The highest BCUT2D eigenvalue weighted by molar-refractivity contribution is 6.15. The number of non-ortho nitro benzene ring substituents is 1. The maximum absolute atomic E-state index is 12.4. The summed E-state index contributed by atoms with van der Waals surface area (Å²) in [6, 6.07) is 17.3. The van der Waals surface area contributed by atoms with Gasteiger partial charge in [-0.05, 0) is 35.9 Å². The lowest BCUT2D eigenvalue weighted by atomic mass is 10.1. The third kappa shape index (κ3) is 2.76. The summed E-state index contributed by atoms with van der Waals surface area (Å²) in [5.74, 6) is 1.22. The molecule has 0 N–H and O–H groups in total.